The molecule has 0 aliphatic carbocycles. The second kappa shape index (κ2) is 11.7. The molecule has 6 nitrogen and oxygen atoms in total. The maximum atomic E-state index is 14.2. The van der Waals surface area contributed by atoms with Crippen LogP contribution in [0.5, 0.6) is 0 Å². The monoisotopic (exact) mass is 598 g/mol. The Morgan fingerprint density at radius 3 is 2.33 bits per heavy atom. The second-order valence-corrected chi connectivity index (χ2v) is 11.5. The summed E-state index contributed by atoms with van der Waals surface area (Å²) in [5.74, 6) is -0.170. The Labute approximate surface area is 245 Å². The number of thiazole rings is 1. The van der Waals surface area contributed by atoms with E-state index in [4.69, 9.17) is 39.8 Å². The zero-order chi connectivity index (χ0) is 27.7. The van der Waals surface area contributed by atoms with Crippen LogP contribution >= 0.6 is 46.1 Å². The highest BCUT2D eigenvalue weighted by Crippen LogP contribution is 2.34. The third-order valence-corrected chi connectivity index (χ3v) is 8.07. The minimum Gasteiger partial charge on any atom is -0.336 e. The van der Waals surface area contributed by atoms with Crippen molar-refractivity contribution in [3.63, 3.8) is 0 Å². The van der Waals surface area contributed by atoms with Gasteiger partial charge in [0.25, 0.3) is 11.5 Å². The number of amides is 1. The van der Waals surface area contributed by atoms with Gasteiger partial charge in [-0.15, -0.1) is 11.3 Å². The zero-order valence-electron chi connectivity index (χ0n) is 21.3. The zero-order valence-corrected chi connectivity index (χ0v) is 24.4. The van der Waals surface area contributed by atoms with Crippen LogP contribution in [0.2, 0.25) is 15.1 Å². The topological polar surface area (TPSA) is 67.2 Å². The number of benzene rings is 2. The van der Waals surface area contributed by atoms with Crippen molar-refractivity contribution in [2.45, 2.75) is 13.8 Å². The number of hydrogen-bond acceptors (Lipinski definition) is 5. The van der Waals surface area contributed by atoms with Crippen LogP contribution in [0.1, 0.15) is 29.9 Å². The van der Waals surface area contributed by atoms with E-state index >= 15 is 0 Å². The van der Waals surface area contributed by atoms with Crippen molar-refractivity contribution in [1.29, 1.82) is 0 Å². The summed E-state index contributed by atoms with van der Waals surface area (Å²) in [5, 5.41) is 6.86. The maximum absolute atomic E-state index is 14.2. The van der Waals surface area contributed by atoms with Crippen LogP contribution < -0.4 is 10.9 Å². The van der Waals surface area contributed by atoms with Crippen molar-refractivity contribution in [2.24, 2.45) is 0 Å². The number of rotatable bonds is 5. The number of carbonyl (C=O) groups excluding carboxylic acids is 1. The minimum absolute atomic E-state index is 0.170. The van der Waals surface area contributed by atoms with Gasteiger partial charge >= 0.3 is 0 Å². The molecule has 0 saturated carbocycles. The molecule has 1 N–H and O–H groups in total. The predicted octanol–water partition coefficient (Wildman–Crippen LogP) is 7.06. The summed E-state index contributed by atoms with van der Waals surface area (Å²) in [5.41, 5.74) is 3.54. The molecule has 0 bridgehead atoms. The predicted molar refractivity (Wildman–Crippen MR) is 162 cm³/mol. The lowest BCUT2D eigenvalue weighted by atomic mass is 10.0. The van der Waals surface area contributed by atoms with E-state index < -0.39 is 0 Å². The molecule has 0 radical (unpaired) electrons. The van der Waals surface area contributed by atoms with Crippen LogP contribution in [0.4, 0.5) is 0 Å². The molecule has 1 fully saturated rings. The number of allylic oxidation sites excluding steroid dienone is 1. The highest BCUT2D eigenvalue weighted by Gasteiger charge is 2.27. The van der Waals surface area contributed by atoms with Crippen molar-refractivity contribution < 1.29 is 4.79 Å². The maximum Gasteiger partial charge on any atom is 0.266 e. The van der Waals surface area contributed by atoms with Gasteiger partial charge in [0.1, 0.15) is 5.01 Å². The van der Waals surface area contributed by atoms with Gasteiger partial charge in [0, 0.05) is 42.1 Å². The van der Waals surface area contributed by atoms with Crippen LogP contribution in [-0.2, 0) is 0 Å². The molecule has 2 aromatic heterocycles. The lowest BCUT2D eigenvalue weighted by Gasteiger charge is -2.29. The summed E-state index contributed by atoms with van der Waals surface area (Å²) in [6, 6.07) is 14.1. The SMILES string of the molecule is CC(C)=Cc1c(C(=O)N2CCNCC2)cc(-c2nc(-c3ccc(Cl)cc3)cs2)c(=O)n1-c1c(Cl)cccc1Cl. The van der Waals surface area contributed by atoms with Crippen LogP contribution in [0.3, 0.4) is 0 Å². The summed E-state index contributed by atoms with van der Waals surface area (Å²) in [6.07, 6.45) is 1.82. The van der Waals surface area contributed by atoms with Crippen molar-refractivity contribution >= 4 is 58.1 Å². The van der Waals surface area contributed by atoms with Gasteiger partial charge in [-0.1, -0.05) is 58.6 Å². The normalized spacial score (nSPS) is 13.4. The summed E-state index contributed by atoms with van der Waals surface area (Å²) >= 11 is 20.6. The molecular weight excluding hydrogens is 575 g/mol. The first kappa shape index (κ1) is 27.6. The number of piperazine rings is 1. The van der Waals surface area contributed by atoms with E-state index in [0.29, 0.717) is 74.5 Å². The van der Waals surface area contributed by atoms with E-state index in [2.05, 4.69) is 5.32 Å². The third-order valence-electron chi connectivity index (χ3n) is 6.33. The van der Waals surface area contributed by atoms with Gasteiger partial charge < -0.3 is 10.2 Å². The fourth-order valence-electron chi connectivity index (χ4n) is 4.48. The van der Waals surface area contributed by atoms with Gasteiger partial charge in [0.2, 0.25) is 0 Å². The molecule has 39 heavy (non-hydrogen) atoms. The quantitative estimate of drug-likeness (QED) is 0.267. The molecule has 1 aliphatic rings. The lowest BCUT2D eigenvalue weighted by Crippen LogP contribution is -2.47. The fraction of sp³-hybridized carbons (Fsp3) is 0.207. The highest BCUT2D eigenvalue weighted by atomic mass is 35.5. The molecule has 1 saturated heterocycles. The number of carbonyl (C=O) groups is 1. The number of nitrogens with zero attached hydrogens (tertiary/aromatic N) is 3. The molecule has 0 spiro atoms. The molecule has 0 unspecified atom stereocenters. The molecule has 2 aromatic carbocycles. The van der Waals surface area contributed by atoms with E-state index in [-0.39, 0.29) is 11.5 Å². The van der Waals surface area contributed by atoms with E-state index in [1.54, 1.807) is 41.3 Å². The Morgan fingerprint density at radius 2 is 1.69 bits per heavy atom. The standard InChI is InChI=1S/C29H25Cl3N4O2S/c1-17(2)14-25-20(28(37)35-12-10-33-11-13-35)15-21(29(38)36(25)26-22(31)4-3-5-23(26)32)27-34-24(16-39-27)18-6-8-19(30)9-7-18/h3-9,14-16,33H,10-13H2,1-2H3. The number of pyridine rings is 1. The largest absolute Gasteiger partial charge is 0.336 e. The first-order valence-corrected chi connectivity index (χ1v) is 14.4. The fourth-order valence-corrected chi connectivity index (χ4v) is 6.01. The number of nitrogens with one attached hydrogen (secondary N) is 1. The Bertz CT molecular complexity index is 1610. The third kappa shape index (κ3) is 5.69. The van der Waals surface area contributed by atoms with Gasteiger partial charge in [0.15, 0.2) is 0 Å². The van der Waals surface area contributed by atoms with E-state index in [1.165, 1.54) is 15.9 Å². The second-order valence-electron chi connectivity index (χ2n) is 9.38. The Kier molecular flexibility index (Phi) is 8.26. The van der Waals surface area contributed by atoms with Gasteiger partial charge in [0.05, 0.1) is 38.2 Å². The summed E-state index contributed by atoms with van der Waals surface area (Å²) in [6.45, 7) is 6.34. The molecular formula is C29H25Cl3N4O2S. The summed E-state index contributed by atoms with van der Waals surface area (Å²) < 4.78 is 1.45. The molecule has 3 heterocycles. The first-order valence-electron chi connectivity index (χ1n) is 12.4. The van der Waals surface area contributed by atoms with Crippen LogP contribution in [-0.4, -0.2) is 46.5 Å². The Hall–Kier alpha value is -2.94. The molecule has 1 amide bonds. The molecule has 4 aromatic rings. The van der Waals surface area contributed by atoms with Crippen molar-refractivity contribution in [3.05, 3.63) is 96.2 Å². The van der Waals surface area contributed by atoms with Gasteiger partial charge in [-0.05, 0) is 50.3 Å². The average Bonchev–Trinajstić information content (AvgIpc) is 3.40. The minimum atomic E-state index is -0.369. The van der Waals surface area contributed by atoms with E-state index in [9.17, 15) is 9.59 Å². The van der Waals surface area contributed by atoms with Crippen LogP contribution in [0.25, 0.3) is 33.6 Å². The van der Waals surface area contributed by atoms with Gasteiger partial charge in [-0.25, -0.2) is 4.98 Å². The highest BCUT2D eigenvalue weighted by molar-refractivity contribution is 7.13. The molecule has 1 aliphatic heterocycles. The average molecular weight is 600 g/mol. The van der Waals surface area contributed by atoms with Crippen LogP contribution in [0.15, 0.2) is 64.3 Å². The van der Waals surface area contributed by atoms with Crippen molar-refractivity contribution in [1.82, 2.24) is 19.8 Å². The smallest absolute Gasteiger partial charge is 0.266 e. The summed E-state index contributed by atoms with van der Waals surface area (Å²) in [7, 11) is 0. The number of hydrogen-bond donors (Lipinski definition) is 1. The van der Waals surface area contributed by atoms with E-state index in [1.807, 2.05) is 37.4 Å². The molecule has 0 atom stereocenters. The summed E-state index contributed by atoms with van der Waals surface area (Å²) in [4.78, 5) is 34.8. The number of halogens is 3. The first-order chi connectivity index (χ1) is 18.7. The van der Waals surface area contributed by atoms with Crippen molar-refractivity contribution in [2.75, 3.05) is 26.2 Å². The lowest BCUT2D eigenvalue weighted by molar-refractivity contribution is 0.0735. The Balaban J connectivity index is 1.79. The number of aromatic nitrogens is 2. The van der Waals surface area contributed by atoms with Crippen LogP contribution in [0, 0.1) is 0 Å². The Morgan fingerprint density at radius 1 is 1.03 bits per heavy atom. The van der Waals surface area contributed by atoms with E-state index in [0.717, 1.165) is 11.1 Å². The van der Waals surface area contributed by atoms with Gasteiger partial charge in [-0.3, -0.25) is 14.2 Å². The number of para-hydroxylation sites is 1. The molecule has 5 rings (SSSR count). The molecule has 200 valence electrons. The van der Waals surface area contributed by atoms with Gasteiger partial charge in [-0.2, -0.15) is 0 Å². The van der Waals surface area contributed by atoms with Crippen molar-refractivity contribution in [3.8, 4) is 27.5 Å². The molecule has 10 heteroatoms.